The second-order valence-corrected chi connectivity index (χ2v) is 4.76. The van der Waals surface area contributed by atoms with Crippen molar-refractivity contribution in [1.29, 1.82) is 0 Å². The third-order valence-corrected chi connectivity index (χ3v) is 3.53. The van der Waals surface area contributed by atoms with Gasteiger partial charge in [0.05, 0.1) is 14.2 Å². The largest absolute Gasteiger partial charge is 0.497 e. The summed E-state index contributed by atoms with van der Waals surface area (Å²) < 4.78 is 24.5. The molecular formula is C17H20FNO2. The molecule has 3 nitrogen and oxygen atoms in total. The number of hydrogen-bond donors (Lipinski definition) is 1. The zero-order valence-corrected chi connectivity index (χ0v) is 12.5. The van der Waals surface area contributed by atoms with Gasteiger partial charge >= 0.3 is 0 Å². The summed E-state index contributed by atoms with van der Waals surface area (Å²) in [7, 11) is 4.97. The molecule has 0 spiro atoms. The van der Waals surface area contributed by atoms with E-state index in [-0.39, 0.29) is 17.6 Å². The quantitative estimate of drug-likeness (QED) is 0.884. The van der Waals surface area contributed by atoms with Gasteiger partial charge in [-0.15, -0.1) is 0 Å². The van der Waals surface area contributed by atoms with Crippen LogP contribution in [0.3, 0.4) is 0 Å². The number of nitrogens with one attached hydrogen (secondary N) is 1. The molecule has 0 aromatic heterocycles. The Labute approximate surface area is 124 Å². The highest BCUT2D eigenvalue weighted by molar-refractivity contribution is 5.35. The van der Waals surface area contributed by atoms with Crippen LogP contribution < -0.4 is 14.8 Å². The molecule has 0 aliphatic carbocycles. The van der Waals surface area contributed by atoms with E-state index < -0.39 is 0 Å². The highest BCUT2D eigenvalue weighted by atomic mass is 19.1. The average Bonchev–Trinajstić information content (AvgIpc) is 2.54. The monoisotopic (exact) mass is 289 g/mol. The first-order chi connectivity index (χ1) is 10.2. The third kappa shape index (κ3) is 3.52. The molecule has 2 aromatic rings. The summed E-state index contributed by atoms with van der Waals surface area (Å²) >= 11 is 0. The number of hydrogen-bond acceptors (Lipinski definition) is 3. The van der Waals surface area contributed by atoms with E-state index in [0.29, 0.717) is 12.0 Å². The maximum absolute atomic E-state index is 14.3. The Balaban J connectivity index is 2.26. The van der Waals surface area contributed by atoms with Crippen LogP contribution in [0.1, 0.15) is 17.2 Å². The number of benzene rings is 2. The molecule has 0 aliphatic rings. The van der Waals surface area contributed by atoms with Crippen molar-refractivity contribution in [2.45, 2.75) is 12.5 Å². The lowest BCUT2D eigenvalue weighted by molar-refractivity contribution is 0.382. The molecule has 112 valence electrons. The third-order valence-electron chi connectivity index (χ3n) is 3.53. The van der Waals surface area contributed by atoms with Gasteiger partial charge < -0.3 is 14.8 Å². The highest BCUT2D eigenvalue weighted by Gasteiger charge is 2.15. The predicted molar refractivity (Wildman–Crippen MR) is 81.5 cm³/mol. The molecule has 0 amide bonds. The van der Waals surface area contributed by atoms with Gasteiger partial charge in [-0.3, -0.25) is 0 Å². The van der Waals surface area contributed by atoms with Crippen molar-refractivity contribution in [1.82, 2.24) is 5.32 Å². The Morgan fingerprint density at radius 1 is 1.10 bits per heavy atom. The van der Waals surface area contributed by atoms with Gasteiger partial charge in [-0.2, -0.15) is 0 Å². The second kappa shape index (κ2) is 7.09. The smallest absolute Gasteiger partial charge is 0.168 e. The molecule has 0 saturated carbocycles. The summed E-state index contributed by atoms with van der Waals surface area (Å²) in [4.78, 5) is 0. The highest BCUT2D eigenvalue weighted by Crippen LogP contribution is 2.26. The minimum absolute atomic E-state index is 0.00158. The molecule has 21 heavy (non-hydrogen) atoms. The Bertz CT molecular complexity index is 601. The average molecular weight is 289 g/mol. The van der Waals surface area contributed by atoms with Crippen molar-refractivity contribution < 1.29 is 13.9 Å². The fourth-order valence-corrected chi connectivity index (χ4v) is 2.34. The van der Waals surface area contributed by atoms with Crippen LogP contribution in [0.15, 0.2) is 42.5 Å². The molecule has 0 heterocycles. The number of ether oxygens (including phenoxy) is 2. The van der Waals surface area contributed by atoms with Crippen molar-refractivity contribution in [2.75, 3.05) is 21.3 Å². The van der Waals surface area contributed by atoms with Crippen LogP contribution in [0, 0.1) is 5.82 Å². The van der Waals surface area contributed by atoms with Crippen molar-refractivity contribution in [3.63, 3.8) is 0 Å². The fraction of sp³-hybridized carbons (Fsp3) is 0.294. The SMILES string of the molecule is CNC(Cc1cccc(OC)c1F)c1cccc(OC)c1. The zero-order valence-electron chi connectivity index (χ0n) is 12.5. The van der Waals surface area contributed by atoms with Gasteiger partial charge in [0.15, 0.2) is 11.6 Å². The maximum Gasteiger partial charge on any atom is 0.168 e. The van der Waals surface area contributed by atoms with Crippen molar-refractivity contribution in [3.8, 4) is 11.5 Å². The van der Waals surface area contributed by atoms with Gasteiger partial charge in [0.25, 0.3) is 0 Å². The topological polar surface area (TPSA) is 30.5 Å². The summed E-state index contributed by atoms with van der Waals surface area (Å²) in [5, 5.41) is 3.22. The van der Waals surface area contributed by atoms with Crippen molar-refractivity contribution in [2.24, 2.45) is 0 Å². The first-order valence-electron chi connectivity index (χ1n) is 6.82. The minimum Gasteiger partial charge on any atom is -0.497 e. The van der Waals surface area contributed by atoms with Gasteiger partial charge in [-0.1, -0.05) is 24.3 Å². The maximum atomic E-state index is 14.3. The van der Waals surface area contributed by atoms with Crippen LogP contribution in [-0.2, 0) is 6.42 Å². The van der Waals surface area contributed by atoms with Gasteiger partial charge in [0.2, 0.25) is 0 Å². The van der Waals surface area contributed by atoms with Crippen molar-refractivity contribution in [3.05, 3.63) is 59.4 Å². The van der Waals surface area contributed by atoms with Crippen LogP contribution in [0.25, 0.3) is 0 Å². The second-order valence-electron chi connectivity index (χ2n) is 4.76. The summed E-state index contributed by atoms with van der Waals surface area (Å²) in [6, 6.07) is 13.0. The van der Waals surface area contributed by atoms with E-state index in [1.807, 2.05) is 31.3 Å². The van der Waals surface area contributed by atoms with Crippen LogP contribution in [0.4, 0.5) is 4.39 Å². The minimum atomic E-state index is -0.303. The Hall–Kier alpha value is -2.07. The first-order valence-corrected chi connectivity index (χ1v) is 6.82. The number of methoxy groups -OCH3 is 2. The number of likely N-dealkylation sites (N-methyl/N-ethyl adjacent to an activating group) is 1. The van der Waals surface area contributed by atoms with Gasteiger partial charge in [0.1, 0.15) is 5.75 Å². The molecule has 0 aliphatic heterocycles. The lowest BCUT2D eigenvalue weighted by Gasteiger charge is -2.18. The molecule has 0 fully saturated rings. The van der Waals surface area contributed by atoms with Crippen LogP contribution in [0.5, 0.6) is 11.5 Å². The van der Waals surface area contributed by atoms with E-state index in [1.165, 1.54) is 7.11 Å². The fourth-order valence-electron chi connectivity index (χ4n) is 2.34. The summed E-state index contributed by atoms with van der Waals surface area (Å²) in [6.07, 6.45) is 0.534. The standard InChI is InChI=1S/C17H20FNO2/c1-19-15(12-6-4-8-14(10-12)20-2)11-13-7-5-9-16(21-3)17(13)18/h4-10,15,19H,11H2,1-3H3. The van der Waals surface area contributed by atoms with E-state index in [9.17, 15) is 4.39 Å². The lowest BCUT2D eigenvalue weighted by atomic mass is 9.98. The molecule has 2 rings (SSSR count). The molecule has 0 bridgehead atoms. The van der Waals surface area contributed by atoms with Crippen LogP contribution >= 0.6 is 0 Å². The number of rotatable bonds is 6. The van der Waals surface area contributed by atoms with E-state index in [4.69, 9.17) is 9.47 Å². The molecule has 0 saturated heterocycles. The molecule has 2 aromatic carbocycles. The summed E-state index contributed by atoms with van der Waals surface area (Å²) in [5.74, 6) is 0.759. The molecule has 1 N–H and O–H groups in total. The Morgan fingerprint density at radius 3 is 2.52 bits per heavy atom. The van der Waals surface area contributed by atoms with Crippen LogP contribution in [0.2, 0.25) is 0 Å². The molecular weight excluding hydrogens is 269 g/mol. The number of halogens is 1. The lowest BCUT2D eigenvalue weighted by Crippen LogP contribution is -2.19. The van der Waals surface area contributed by atoms with Gasteiger partial charge in [-0.05, 0) is 42.8 Å². The molecule has 4 heteroatoms. The van der Waals surface area contributed by atoms with E-state index >= 15 is 0 Å². The van der Waals surface area contributed by atoms with E-state index in [1.54, 1.807) is 25.3 Å². The Morgan fingerprint density at radius 2 is 1.86 bits per heavy atom. The van der Waals surface area contributed by atoms with E-state index in [0.717, 1.165) is 11.3 Å². The molecule has 1 atom stereocenters. The molecule has 1 unspecified atom stereocenters. The van der Waals surface area contributed by atoms with E-state index in [2.05, 4.69) is 5.32 Å². The van der Waals surface area contributed by atoms with Crippen LogP contribution in [-0.4, -0.2) is 21.3 Å². The summed E-state index contributed by atoms with van der Waals surface area (Å²) in [5.41, 5.74) is 1.68. The predicted octanol–water partition coefficient (Wildman–Crippen LogP) is 3.35. The van der Waals surface area contributed by atoms with Gasteiger partial charge in [-0.25, -0.2) is 4.39 Å². The Kier molecular flexibility index (Phi) is 5.17. The van der Waals surface area contributed by atoms with Crippen molar-refractivity contribution >= 4 is 0 Å². The molecule has 0 radical (unpaired) electrons. The first kappa shape index (κ1) is 15.3. The summed E-state index contributed by atoms with van der Waals surface area (Å²) in [6.45, 7) is 0. The van der Waals surface area contributed by atoms with Gasteiger partial charge in [0, 0.05) is 6.04 Å². The zero-order chi connectivity index (χ0) is 15.2. The normalized spacial score (nSPS) is 12.0.